The van der Waals surface area contributed by atoms with Gasteiger partial charge in [0.15, 0.2) is 0 Å². The second-order valence-corrected chi connectivity index (χ2v) is 1.82. The molecular weight excluding hydrogens is 114 g/mol. The van der Waals surface area contributed by atoms with Crippen molar-refractivity contribution in [1.82, 2.24) is 5.32 Å². The van der Waals surface area contributed by atoms with Crippen LogP contribution in [0.25, 0.3) is 0 Å². The van der Waals surface area contributed by atoms with Crippen molar-refractivity contribution in [3.05, 3.63) is 12.2 Å². The van der Waals surface area contributed by atoms with Crippen LogP contribution in [0.1, 0.15) is 20.3 Å². The van der Waals surface area contributed by atoms with E-state index in [1.807, 2.05) is 12.2 Å². The average molecular weight is 127 g/mol. The number of hydrogen-bond donors (Lipinski definition) is 1. The smallest absolute Gasteiger partial charge is 0.217 e. The van der Waals surface area contributed by atoms with Crippen molar-refractivity contribution in [2.75, 3.05) is 6.54 Å². The minimum Gasteiger partial charge on any atom is -0.353 e. The number of hydrogen-bond acceptors (Lipinski definition) is 1. The Hall–Kier alpha value is -0.790. The summed E-state index contributed by atoms with van der Waals surface area (Å²) in [5.74, 6) is 0.0238. The average Bonchev–Trinajstić information content (AvgIpc) is 1.80. The molecule has 1 amide bonds. The Kier molecular flexibility index (Phi) is 4.88. The van der Waals surface area contributed by atoms with Gasteiger partial charge in [-0.3, -0.25) is 4.79 Å². The highest BCUT2D eigenvalue weighted by Crippen LogP contribution is 1.76. The summed E-state index contributed by atoms with van der Waals surface area (Å²) in [4.78, 5) is 10.3. The summed E-state index contributed by atoms with van der Waals surface area (Å²) in [5, 5.41) is 2.65. The maximum atomic E-state index is 10.3. The van der Waals surface area contributed by atoms with E-state index in [1.54, 1.807) is 0 Å². The van der Waals surface area contributed by atoms with Crippen LogP contribution in [-0.2, 0) is 4.79 Å². The molecule has 0 radical (unpaired) electrons. The lowest BCUT2D eigenvalue weighted by Crippen LogP contribution is -2.19. The van der Waals surface area contributed by atoms with Crippen LogP contribution in [0.5, 0.6) is 0 Å². The molecular formula is C7H13NO. The molecule has 9 heavy (non-hydrogen) atoms. The molecule has 0 fully saturated rings. The van der Waals surface area contributed by atoms with Crippen molar-refractivity contribution in [2.24, 2.45) is 0 Å². The van der Waals surface area contributed by atoms with Crippen LogP contribution in [0.3, 0.4) is 0 Å². The maximum Gasteiger partial charge on any atom is 0.217 e. The molecule has 1 N–H and O–H groups in total. The number of carbonyl (C=O) groups is 1. The largest absolute Gasteiger partial charge is 0.353 e. The van der Waals surface area contributed by atoms with Crippen molar-refractivity contribution in [2.45, 2.75) is 20.3 Å². The molecule has 2 nitrogen and oxygen atoms in total. The van der Waals surface area contributed by atoms with Gasteiger partial charge in [-0.25, -0.2) is 0 Å². The number of rotatable bonds is 3. The summed E-state index contributed by atoms with van der Waals surface area (Å²) >= 11 is 0. The Morgan fingerprint density at radius 2 is 2.22 bits per heavy atom. The Morgan fingerprint density at radius 1 is 1.56 bits per heavy atom. The van der Waals surface area contributed by atoms with E-state index in [0.717, 1.165) is 6.42 Å². The molecule has 0 heterocycles. The molecule has 0 aliphatic heterocycles. The van der Waals surface area contributed by atoms with Gasteiger partial charge in [-0.2, -0.15) is 0 Å². The minimum absolute atomic E-state index is 0.0238. The highest BCUT2D eigenvalue weighted by Gasteiger charge is 1.82. The van der Waals surface area contributed by atoms with Crippen molar-refractivity contribution < 1.29 is 4.79 Å². The molecule has 0 atom stereocenters. The molecule has 0 unspecified atom stereocenters. The number of allylic oxidation sites excluding steroid dienone is 1. The first-order chi connectivity index (χ1) is 4.27. The predicted octanol–water partition coefficient (Wildman–Crippen LogP) is 1.09. The van der Waals surface area contributed by atoms with Gasteiger partial charge in [0.05, 0.1) is 0 Å². The monoisotopic (exact) mass is 127 g/mol. The summed E-state index contributed by atoms with van der Waals surface area (Å²) in [5.41, 5.74) is 0. The molecule has 0 bridgehead atoms. The first kappa shape index (κ1) is 8.21. The van der Waals surface area contributed by atoms with Crippen molar-refractivity contribution in [1.29, 1.82) is 0 Å². The zero-order chi connectivity index (χ0) is 7.11. The molecule has 0 saturated carbocycles. The summed E-state index contributed by atoms with van der Waals surface area (Å²) in [6, 6.07) is 0. The van der Waals surface area contributed by atoms with E-state index in [2.05, 4.69) is 12.2 Å². The van der Waals surface area contributed by atoms with Crippen molar-refractivity contribution >= 4 is 5.91 Å². The summed E-state index contributed by atoms with van der Waals surface area (Å²) in [6.07, 6.45) is 5.00. The topological polar surface area (TPSA) is 29.1 Å². The molecule has 0 aromatic carbocycles. The van der Waals surface area contributed by atoms with Crippen LogP contribution in [0.4, 0.5) is 0 Å². The van der Waals surface area contributed by atoms with Crippen LogP contribution in [0.15, 0.2) is 12.2 Å². The van der Waals surface area contributed by atoms with Crippen LogP contribution in [0.2, 0.25) is 0 Å². The van der Waals surface area contributed by atoms with Gasteiger partial charge in [-0.15, -0.1) is 0 Å². The highest BCUT2D eigenvalue weighted by atomic mass is 16.1. The fraction of sp³-hybridized carbons (Fsp3) is 0.571. The van der Waals surface area contributed by atoms with E-state index in [4.69, 9.17) is 0 Å². The lowest BCUT2D eigenvalue weighted by Gasteiger charge is -1.92. The lowest BCUT2D eigenvalue weighted by molar-refractivity contribution is -0.118. The number of carbonyl (C=O) groups excluding carboxylic acids is 1. The Bertz CT molecular complexity index is 107. The Labute approximate surface area is 56.0 Å². The highest BCUT2D eigenvalue weighted by molar-refractivity contribution is 5.72. The second kappa shape index (κ2) is 5.35. The first-order valence-electron chi connectivity index (χ1n) is 3.16. The fourth-order valence-electron chi connectivity index (χ4n) is 0.453. The van der Waals surface area contributed by atoms with Gasteiger partial charge in [0.25, 0.3) is 0 Å². The predicted molar refractivity (Wildman–Crippen MR) is 38.1 cm³/mol. The van der Waals surface area contributed by atoms with Crippen LogP contribution >= 0.6 is 0 Å². The van der Waals surface area contributed by atoms with Crippen LogP contribution < -0.4 is 5.32 Å². The lowest BCUT2D eigenvalue weighted by atomic mass is 10.4. The van der Waals surface area contributed by atoms with E-state index < -0.39 is 0 Å². The Morgan fingerprint density at radius 3 is 2.67 bits per heavy atom. The minimum atomic E-state index is 0.0238. The fourth-order valence-corrected chi connectivity index (χ4v) is 0.453. The molecule has 2 heteroatoms. The first-order valence-corrected chi connectivity index (χ1v) is 3.16. The van der Waals surface area contributed by atoms with Gasteiger partial charge >= 0.3 is 0 Å². The number of amides is 1. The van der Waals surface area contributed by atoms with Crippen LogP contribution in [-0.4, -0.2) is 12.5 Å². The van der Waals surface area contributed by atoms with Crippen molar-refractivity contribution in [3.63, 3.8) is 0 Å². The third kappa shape index (κ3) is 7.21. The number of nitrogens with one attached hydrogen (secondary N) is 1. The summed E-state index contributed by atoms with van der Waals surface area (Å²) in [7, 11) is 0. The molecule has 52 valence electrons. The van der Waals surface area contributed by atoms with Crippen LogP contribution in [0, 0.1) is 0 Å². The van der Waals surface area contributed by atoms with E-state index in [9.17, 15) is 4.79 Å². The van der Waals surface area contributed by atoms with E-state index in [0.29, 0.717) is 6.54 Å². The van der Waals surface area contributed by atoms with Gasteiger partial charge in [-0.05, 0) is 6.42 Å². The zero-order valence-corrected chi connectivity index (χ0v) is 5.98. The maximum absolute atomic E-state index is 10.3. The van der Waals surface area contributed by atoms with Crippen molar-refractivity contribution in [3.8, 4) is 0 Å². The summed E-state index contributed by atoms with van der Waals surface area (Å²) < 4.78 is 0. The van der Waals surface area contributed by atoms with E-state index >= 15 is 0 Å². The molecule has 0 aliphatic carbocycles. The van der Waals surface area contributed by atoms with Gasteiger partial charge in [0.2, 0.25) is 5.91 Å². The normalized spacial score (nSPS) is 10.0. The van der Waals surface area contributed by atoms with Gasteiger partial charge in [0, 0.05) is 13.5 Å². The standard InChI is InChI=1S/C7H13NO/c1-3-4-5-6-8-7(2)9/h4-5H,3,6H2,1-2H3,(H,8,9). The van der Waals surface area contributed by atoms with Gasteiger partial charge in [-0.1, -0.05) is 19.1 Å². The SMILES string of the molecule is CCC=CCNC(C)=O. The molecule has 0 saturated heterocycles. The van der Waals surface area contributed by atoms with Gasteiger partial charge < -0.3 is 5.32 Å². The summed E-state index contributed by atoms with van der Waals surface area (Å²) in [6.45, 7) is 4.23. The third-order valence-electron chi connectivity index (χ3n) is 0.871. The van der Waals surface area contributed by atoms with Gasteiger partial charge in [0.1, 0.15) is 0 Å². The van der Waals surface area contributed by atoms with E-state index in [1.165, 1.54) is 6.92 Å². The Balaban J connectivity index is 3.09. The molecule has 0 aromatic rings. The molecule has 0 rings (SSSR count). The quantitative estimate of drug-likeness (QED) is 0.565. The molecule has 0 aromatic heterocycles. The second-order valence-electron chi connectivity index (χ2n) is 1.82. The third-order valence-corrected chi connectivity index (χ3v) is 0.871. The molecule has 0 spiro atoms. The zero-order valence-electron chi connectivity index (χ0n) is 5.98. The van der Waals surface area contributed by atoms with E-state index in [-0.39, 0.29) is 5.91 Å². The molecule has 0 aliphatic rings.